The number of oxazole rings is 1. The number of nitrogen functional groups attached to an aromatic ring is 2. The van der Waals surface area contributed by atoms with E-state index < -0.39 is 5.56 Å². The number of fused-ring (bicyclic) bond motifs is 1. The number of benzene rings is 1. The fourth-order valence-corrected chi connectivity index (χ4v) is 2.27. The zero-order valence-electron chi connectivity index (χ0n) is 9.58. The Bertz CT molecular complexity index is 810. The van der Waals surface area contributed by atoms with Gasteiger partial charge in [0.25, 0.3) is 10.8 Å². The molecule has 1 aromatic carbocycles. The van der Waals surface area contributed by atoms with Crippen molar-refractivity contribution in [1.82, 2.24) is 15.0 Å². The molecule has 96 valence electrons. The van der Waals surface area contributed by atoms with Crippen LogP contribution in [0.2, 0.25) is 0 Å². The highest BCUT2D eigenvalue weighted by Crippen LogP contribution is 2.30. The van der Waals surface area contributed by atoms with Crippen molar-refractivity contribution in [2.45, 2.75) is 10.2 Å². The first-order valence-corrected chi connectivity index (χ1v) is 6.12. The summed E-state index contributed by atoms with van der Waals surface area (Å²) >= 11 is 1.09. The van der Waals surface area contributed by atoms with Crippen LogP contribution in [0, 0.1) is 0 Å². The first kappa shape index (κ1) is 11.6. The molecule has 0 aliphatic rings. The Balaban J connectivity index is 2.01. The summed E-state index contributed by atoms with van der Waals surface area (Å²) in [5, 5.41) is 0.702. The summed E-state index contributed by atoms with van der Waals surface area (Å²) in [7, 11) is 0. The smallest absolute Gasteiger partial charge is 0.275 e. The van der Waals surface area contributed by atoms with E-state index in [1.807, 2.05) is 0 Å². The number of anilines is 2. The molecule has 7 nitrogen and oxygen atoms in total. The molecule has 8 heteroatoms. The minimum Gasteiger partial charge on any atom is -0.431 e. The van der Waals surface area contributed by atoms with Crippen molar-refractivity contribution >= 4 is 34.2 Å². The molecule has 0 aliphatic heterocycles. The van der Waals surface area contributed by atoms with Gasteiger partial charge in [0, 0.05) is 11.8 Å². The third kappa shape index (κ3) is 2.13. The number of H-pyrrole nitrogens is 1. The van der Waals surface area contributed by atoms with Gasteiger partial charge in [-0.05, 0) is 23.9 Å². The molecule has 0 atom stereocenters. The second kappa shape index (κ2) is 4.32. The predicted molar refractivity (Wildman–Crippen MR) is 71.8 cm³/mol. The van der Waals surface area contributed by atoms with Gasteiger partial charge in [-0.1, -0.05) is 0 Å². The summed E-state index contributed by atoms with van der Waals surface area (Å²) in [4.78, 5) is 22.0. The Morgan fingerprint density at radius 3 is 3.00 bits per heavy atom. The number of aromatic nitrogens is 3. The lowest BCUT2D eigenvalue weighted by Gasteiger charge is -1.98. The molecule has 0 fully saturated rings. The molecule has 0 spiro atoms. The zero-order chi connectivity index (χ0) is 13.4. The van der Waals surface area contributed by atoms with Crippen molar-refractivity contribution < 1.29 is 4.42 Å². The summed E-state index contributed by atoms with van der Waals surface area (Å²) in [6.45, 7) is 0. The van der Waals surface area contributed by atoms with E-state index in [4.69, 9.17) is 15.9 Å². The minimum absolute atomic E-state index is 0.0364. The second-order valence-electron chi connectivity index (χ2n) is 3.76. The third-order valence-corrected chi connectivity index (χ3v) is 3.30. The first-order valence-electron chi connectivity index (χ1n) is 5.30. The number of hydrogen-bond donors (Lipinski definition) is 3. The molecule has 0 saturated heterocycles. The Hall–Kier alpha value is -2.48. The minimum atomic E-state index is -0.391. The Labute approximate surface area is 111 Å². The fraction of sp³-hybridized carbons (Fsp3) is 0. The van der Waals surface area contributed by atoms with Crippen molar-refractivity contribution in [3.8, 4) is 0 Å². The Morgan fingerprint density at radius 1 is 1.32 bits per heavy atom. The van der Waals surface area contributed by atoms with Crippen LogP contribution in [-0.4, -0.2) is 15.0 Å². The fourth-order valence-electron chi connectivity index (χ4n) is 1.52. The SMILES string of the molecule is Nc1ccc2nc(Sc3nc[nH]c(=O)c3N)oc2c1. The van der Waals surface area contributed by atoms with Gasteiger partial charge in [-0.3, -0.25) is 4.79 Å². The summed E-state index contributed by atoms with van der Waals surface area (Å²) in [5.74, 6) is 0. The molecule has 0 radical (unpaired) electrons. The molecule has 0 unspecified atom stereocenters. The van der Waals surface area contributed by atoms with Gasteiger partial charge in [-0.2, -0.15) is 0 Å². The monoisotopic (exact) mass is 275 g/mol. The molecule has 2 heterocycles. The van der Waals surface area contributed by atoms with Crippen molar-refractivity contribution in [1.29, 1.82) is 0 Å². The number of nitrogens with one attached hydrogen (secondary N) is 1. The van der Waals surface area contributed by atoms with E-state index in [-0.39, 0.29) is 5.69 Å². The zero-order valence-corrected chi connectivity index (χ0v) is 10.4. The molecular weight excluding hydrogens is 266 g/mol. The van der Waals surface area contributed by atoms with Crippen molar-refractivity contribution in [2.24, 2.45) is 0 Å². The highest BCUT2D eigenvalue weighted by Gasteiger charge is 2.12. The lowest BCUT2D eigenvalue weighted by atomic mass is 10.3. The van der Waals surface area contributed by atoms with Crippen LogP contribution >= 0.6 is 11.8 Å². The predicted octanol–water partition coefficient (Wildman–Crippen LogP) is 1.23. The van der Waals surface area contributed by atoms with Gasteiger partial charge < -0.3 is 20.9 Å². The normalized spacial score (nSPS) is 10.9. The van der Waals surface area contributed by atoms with Crippen LogP contribution in [0.25, 0.3) is 11.1 Å². The van der Waals surface area contributed by atoms with Crippen LogP contribution in [0.15, 0.2) is 44.0 Å². The van der Waals surface area contributed by atoms with E-state index >= 15 is 0 Å². The number of hydrogen-bond acceptors (Lipinski definition) is 7. The van der Waals surface area contributed by atoms with Crippen molar-refractivity contribution in [3.63, 3.8) is 0 Å². The molecule has 19 heavy (non-hydrogen) atoms. The van der Waals surface area contributed by atoms with Gasteiger partial charge in [0.2, 0.25) is 0 Å². The van der Waals surface area contributed by atoms with E-state index in [0.29, 0.717) is 27.0 Å². The molecular formula is C11H9N5O2S. The maximum absolute atomic E-state index is 11.3. The second-order valence-corrected chi connectivity index (χ2v) is 4.70. The van der Waals surface area contributed by atoms with Gasteiger partial charge in [-0.15, -0.1) is 0 Å². The summed E-state index contributed by atoms with van der Waals surface area (Å²) < 4.78 is 5.51. The van der Waals surface area contributed by atoms with E-state index in [1.54, 1.807) is 18.2 Å². The van der Waals surface area contributed by atoms with Crippen LogP contribution in [0.5, 0.6) is 0 Å². The molecule has 5 N–H and O–H groups in total. The van der Waals surface area contributed by atoms with Gasteiger partial charge >= 0.3 is 0 Å². The maximum Gasteiger partial charge on any atom is 0.275 e. The average Bonchev–Trinajstić information content (AvgIpc) is 2.76. The molecule has 0 bridgehead atoms. The highest BCUT2D eigenvalue weighted by atomic mass is 32.2. The summed E-state index contributed by atoms with van der Waals surface area (Å²) in [6.07, 6.45) is 1.28. The van der Waals surface area contributed by atoms with Gasteiger partial charge in [0.15, 0.2) is 5.58 Å². The van der Waals surface area contributed by atoms with Crippen LogP contribution in [0.3, 0.4) is 0 Å². The summed E-state index contributed by atoms with van der Waals surface area (Å²) in [6, 6.07) is 5.17. The van der Waals surface area contributed by atoms with E-state index in [9.17, 15) is 4.79 Å². The van der Waals surface area contributed by atoms with Crippen LogP contribution in [-0.2, 0) is 0 Å². The third-order valence-electron chi connectivity index (χ3n) is 2.43. The molecule has 3 aromatic rings. The highest BCUT2D eigenvalue weighted by molar-refractivity contribution is 7.99. The van der Waals surface area contributed by atoms with Crippen LogP contribution < -0.4 is 17.0 Å². The summed E-state index contributed by atoms with van der Waals surface area (Å²) in [5.41, 5.74) is 12.8. The standard InChI is InChI=1S/C11H9N5O2S/c12-5-1-2-6-7(3-5)18-11(16-6)19-10-8(13)9(17)14-4-15-10/h1-4H,12-13H2,(H,14,15,17). The molecule has 0 amide bonds. The van der Waals surface area contributed by atoms with E-state index in [0.717, 1.165) is 11.8 Å². The topological polar surface area (TPSA) is 124 Å². The lowest BCUT2D eigenvalue weighted by molar-refractivity contribution is 0.489. The van der Waals surface area contributed by atoms with E-state index in [2.05, 4.69) is 15.0 Å². The van der Waals surface area contributed by atoms with Gasteiger partial charge in [0.1, 0.15) is 16.2 Å². The maximum atomic E-state index is 11.3. The number of nitrogens with two attached hydrogens (primary N) is 2. The molecule has 0 aliphatic carbocycles. The van der Waals surface area contributed by atoms with Crippen molar-refractivity contribution in [3.05, 3.63) is 34.9 Å². The Morgan fingerprint density at radius 2 is 2.16 bits per heavy atom. The number of rotatable bonds is 2. The molecule has 0 saturated carbocycles. The van der Waals surface area contributed by atoms with Crippen LogP contribution in [0.1, 0.15) is 0 Å². The quantitative estimate of drug-likeness (QED) is 0.474. The van der Waals surface area contributed by atoms with E-state index in [1.165, 1.54) is 6.33 Å². The number of aromatic amines is 1. The average molecular weight is 275 g/mol. The Kier molecular flexibility index (Phi) is 2.64. The number of nitrogens with zero attached hydrogens (tertiary/aromatic N) is 2. The lowest BCUT2D eigenvalue weighted by Crippen LogP contribution is -2.13. The molecule has 3 rings (SSSR count). The first-order chi connectivity index (χ1) is 9.13. The van der Waals surface area contributed by atoms with Gasteiger partial charge in [0.05, 0.1) is 6.33 Å². The molecule has 2 aromatic heterocycles. The van der Waals surface area contributed by atoms with Gasteiger partial charge in [-0.25, -0.2) is 9.97 Å². The van der Waals surface area contributed by atoms with Crippen LogP contribution in [0.4, 0.5) is 11.4 Å². The van der Waals surface area contributed by atoms with Crippen molar-refractivity contribution in [2.75, 3.05) is 11.5 Å². The largest absolute Gasteiger partial charge is 0.431 e.